The minimum atomic E-state index is -0.858. The van der Waals surface area contributed by atoms with Crippen LogP contribution in [0.25, 0.3) is 11.3 Å². The number of rotatable bonds is 10. The Labute approximate surface area is 208 Å². The Morgan fingerprint density at radius 1 is 1.15 bits per heavy atom. The predicted octanol–water partition coefficient (Wildman–Crippen LogP) is 6.13. The van der Waals surface area contributed by atoms with Crippen LogP contribution in [0.2, 0.25) is 10.0 Å². The second-order valence-corrected chi connectivity index (χ2v) is 10.5. The molecule has 0 radical (unpaired) electrons. The number of thiazole rings is 1. The predicted molar refractivity (Wildman–Crippen MR) is 138 cm³/mol. The summed E-state index contributed by atoms with van der Waals surface area (Å²) in [7, 11) is 3.83. The SMILES string of the molecule is CC(C)Cc1sc(NCC(Cc2ccc(N(C)C)nc2)C(=O)O)nc1-c1ccc(Cl)c(Cl)c1. The lowest BCUT2D eigenvalue weighted by atomic mass is 10.0. The number of pyridine rings is 1. The normalized spacial score (nSPS) is 12.1. The zero-order chi connectivity index (χ0) is 24.1. The summed E-state index contributed by atoms with van der Waals surface area (Å²) in [5, 5.41) is 14.7. The van der Waals surface area contributed by atoms with Crippen LogP contribution in [-0.2, 0) is 17.6 Å². The number of aromatic nitrogens is 2. The number of aliphatic carboxylic acids is 1. The molecule has 1 aromatic carbocycles. The van der Waals surface area contributed by atoms with Gasteiger partial charge in [0, 0.05) is 37.3 Å². The second kappa shape index (κ2) is 11.2. The van der Waals surface area contributed by atoms with Gasteiger partial charge in [0.25, 0.3) is 0 Å². The Balaban J connectivity index is 1.77. The van der Waals surface area contributed by atoms with Gasteiger partial charge in [0.2, 0.25) is 0 Å². The molecular weight excluding hydrogens is 479 g/mol. The third-order valence-electron chi connectivity index (χ3n) is 5.08. The van der Waals surface area contributed by atoms with Crippen LogP contribution in [0.5, 0.6) is 0 Å². The minimum absolute atomic E-state index is 0.264. The van der Waals surface area contributed by atoms with Gasteiger partial charge in [-0.1, -0.05) is 49.2 Å². The second-order valence-electron chi connectivity index (χ2n) is 8.56. The smallest absolute Gasteiger partial charge is 0.308 e. The average molecular weight is 507 g/mol. The first-order valence-corrected chi connectivity index (χ1v) is 12.2. The van der Waals surface area contributed by atoms with Crippen molar-refractivity contribution in [2.24, 2.45) is 11.8 Å². The van der Waals surface area contributed by atoms with Crippen molar-refractivity contribution in [3.8, 4) is 11.3 Å². The molecule has 1 unspecified atom stereocenters. The summed E-state index contributed by atoms with van der Waals surface area (Å²) in [6, 6.07) is 9.30. The number of halogens is 2. The highest BCUT2D eigenvalue weighted by Crippen LogP contribution is 2.35. The lowest BCUT2D eigenvalue weighted by Crippen LogP contribution is -2.25. The number of carbonyl (C=O) groups is 1. The molecule has 0 aliphatic heterocycles. The van der Waals surface area contributed by atoms with Crippen molar-refractivity contribution >= 4 is 51.5 Å². The van der Waals surface area contributed by atoms with Crippen LogP contribution in [-0.4, -0.2) is 41.7 Å². The van der Waals surface area contributed by atoms with Crippen LogP contribution in [0, 0.1) is 11.8 Å². The molecule has 2 N–H and O–H groups in total. The Morgan fingerprint density at radius 3 is 2.48 bits per heavy atom. The maximum atomic E-state index is 11.9. The molecule has 9 heteroatoms. The van der Waals surface area contributed by atoms with Gasteiger partial charge in [-0.25, -0.2) is 9.97 Å². The molecule has 0 bridgehead atoms. The summed E-state index contributed by atoms with van der Waals surface area (Å²) >= 11 is 13.9. The monoisotopic (exact) mass is 506 g/mol. The molecule has 176 valence electrons. The zero-order valence-electron chi connectivity index (χ0n) is 19.1. The molecule has 1 atom stereocenters. The molecule has 0 saturated carbocycles. The topological polar surface area (TPSA) is 78.4 Å². The molecule has 0 fully saturated rings. The third kappa shape index (κ3) is 6.82. The number of hydrogen-bond acceptors (Lipinski definition) is 6. The average Bonchev–Trinajstić information content (AvgIpc) is 3.15. The van der Waals surface area contributed by atoms with Crippen LogP contribution in [0.3, 0.4) is 0 Å². The highest BCUT2D eigenvalue weighted by molar-refractivity contribution is 7.16. The largest absolute Gasteiger partial charge is 0.481 e. The third-order valence-corrected chi connectivity index (χ3v) is 6.86. The van der Waals surface area contributed by atoms with Gasteiger partial charge in [0.05, 0.1) is 21.7 Å². The Bertz CT molecular complexity index is 1100. The Hall–Kier alpha value is -2.35. The number of carboxylic acid groups (broad SMARTS) is 1. The van der Waals surface area contributed by atoms with E-state index in [1.54, 1.807) is 23.6 Å². The fourth-order valence-corrected chi connectivity index (χ4v) is 4.85. The van der Waals surface area contributed by atoms with Crippen LogP contribution in [0.1, 0.15) is 24.3 Å². The van der Waals surface area contributed by atoms with E-state index in [9.17, 15) is 9.90 Å². The van der Waals surface area contributed by atoms with E-state index in [-0.39, 0.29) is 6.54 Å². The van der Waals surface area contributed by atoms with Crippen molar-refractivity contribution in [3.05, 3.63) is 57.0 Å². The van der Waals surface area contributed by atoms with Crippen LogP contribution in [0.15, 0.2) is 36.5 Å². The fourth-order valence-electron chi connectivity index (χ4n) is 3.35. The molecule has 33 heavy (non-hydrogen) atoms. The summed E-state index contributed by atoms with van der Waals surface area (Å²) in [5.74, 6) is -0.186. The fraction of sp³-hybridized carbons (Fsp3) is 0.375. The Morgan fingerprint density at radius 2 is 1.91 bits per heavy atom. The quantitative estimate of drug-likeness (QED) is 0.344. The van der Waals surface area contributed by atoms with Gasteiger partial charge in [-0.15, -0.1) is 11.3 Å². The lowest BCUT2D eigenvalue weighted by Gasteiger charge is -2.14. The molecule has 0 saturated heterocycles. The number of nitrogens with zero attached hydrogens (tertiary/aromatic N) is 3. The molecule has 3 rings (SSSR count). The van der Waals surface area contributed by atoms with E-state index in [1.807, 2.05) is 43.3 Å². The van der Waals surface area contributed by atoms with E-state index in [2.05, 4.69) is 24.1 Å². The molecule has 3 aromatic rings. The zero-order valence-corrected chi connectivity index (χ0v) is 21.4. The van der Waals surface area contributed by atoms with Crippen molar-refractivity contribution in [1.82, 2.24) is 9.97 Å². The van der Waals surface area contributed by atoms with Gasteiger partial charge < -0.3 is 15.3 Å². The van der Waals surface area contributed by atoms with E-state index in [0.29, 0.717) is 27.5 Å². The number of benzene rings is 1. The van der Waals surface area contributed by atoms with Gasteiger partial charge in [0.15, 0.2) is 5.13 Å². The first-order valence-electron chi connectivity index (χ1n) is 10.7. The van der Waals surface area contributed by atoms with Crippen LogP contribution >= 0.6 is 34.5 Å². The van der Waals surface area contributed by atoms with Gasteiger partial charge in [-0.05, 0) is 42.5 Å². The molecule has 0 amide bonds. The maximum absolute atomic E-state index is 11.9. The first-order chi connectivity index (χ1) is 15.6. The van der Waals surface area contributed by atoms with Crippen molar-refractivity contribution in [2.45, 2.75) is 26.7 Å². The molecular formula is C24H28Cl2N4O2S. The van der Waals surface area contributed by atoms with Crippen molar-refractivity contribution in [2.75, 3.05) is 30.9 Å². The number of carboxylic acids is 1. The van der Waals surface area contributed by atoms with Crippen LogP contribution in [0.4, 0.5) is 10.9 Å². The molecule has 0 spiro atoms. The summed E-state index contributed by atoms with van der Waals surface area (Å²) < 4.78 is 0. The summed E-state index contributed by atoms with van der Waals surface area (Å²) in [4.78, 5) is 24.1. The van der Waals surface area contributed by atoms with E-state index >= 15 is 0 Å². The minimum Gasteiger partial charge on any atom is -0.481 e. The number of anilines is 2. The molecule has 2 aromatic heterocycles. The first kappa shape index (κ1) is 25.3. The highest BCUT2D eigenvalue weighted by Gasteiger charge is 2.21. The van der Waals surface area contributed by atoms with E-state index < -0.39 is 11.9 Å². The molecule has 2 heterocycles. The number of hydrogen-bond donors (Lipinski definition) is 2. The summed E-state index contributed by atoms with van der Waals surface area (Å²) in [5.41, 5.74) is 2.63. The van der Waals surface area contributed by atoms with E-state index in [0.717, 1.165) is 33.9 Å². The van der Waals surface area contributed by atoms with Crippen molar-refractivity contribution in [3.63, 3.8) is 0 Å². The summed E-state index contributed by atoms with van der Waals surface area (Å²) in [6.45, 7) is 4.57. The van der Waals surface area contributed by atoms with Gasteiger partial charge in [-0.2, -0.15) is 0 Å². The molecule has 6 nitrogen and oxygen atoms in total. The van der Waals surface area contributed by atoms with Crippen molar-refractivity contribution in [1.29, 1.82) is 0 Å². The molecule has 0 aliphatic carbocycles. The Kier molecular flexibility index (Phi) is 8.57. The summed E-state index contributed by atoms with van der Waals surface area (Å²) in [6.07, 6.45) is 2.98. The highest BCUT2D eigenvalue weighted by atomic mass is 35.5. The van der Waals surface area contributed by atoms with Gasteiger partial charge in [-0.3, -0.25) is 4.79 Å². The van der Waals surface area contributed by atoms with Gasteiger partial charge in [0.1, 0.15) is 5.82 Å². The van der Waals surface area contributed by atoms with Crippen molar-refractivity contribution < 1.29 is 9.90 Å². The number of nitrogens with one attached hydrogen (secondary N) is 1. The maximum Gasteiger partial charge on any atom is 0.308 e. The molecule has 0 aliphatic rings. The van der Waals surface area contributed by atoms with E-state index in [4.69, 9.17) is 28.2 Å². The van der Waals surface area contributed by atoms with Gasteiger partial charge >= 0.3 is 5.97 Å². The standard InChI is InChI=1S/C24H28Cl2N4O2S/c1-14(2)9-20-22(16-6-7-18(25)19(26)11-16)29-24(33-20)28-13-17(23(31)32)10-15-5-8-21(27-12-15)30(3)4/h5-8,11-12,14,17H,9-10,13H2,1-4H3,(H,28,29)(H,31,32). The van der Waals surface area contributed by atoms with E-state index in [1.165, 1.54) is 0 Å². The lowest BCUT2D eigenvalue weighted by molar-refractivity contribution is -0.141. The van der Waals surface area contributed by atoms with Crippen LogP contribution < -0.4 is 10.2 Å².